The molecular formula is C10H14ClN5O. The third-order valence-corrected chi connectivity index (χ3v) is 2.44. The van der Waals surface area contributed by atoms with E-state index in [0.717, 1.165) is 12.8 Å². The molecule has 1 N–H and O–H groups in total. The molecular weight excluding hydrogens is 242 g/mol. The molecule has 0 saturated heterocycles. The molecule has 0 fully saturated rings. The highest BCUT2D eigenvalue weighted by molar-refractivity contribution is 6.31. The van der Waals surface area contributed by atoms with Crippen LogP contribution in [0.15, 0.2) is 17.4 Å². The maximum absolute atomic E-state index is 11.7. The molecule has 0 unspecified atom stereocenters. The van der Waals surface area contributed by atoms with E-state index in [0.29, 0.717) is 23.8 Å². The molecule has 17 heavy (non-hydrogen) atoms. The van der Waals surface area contributed by atoms with Crippen LogP contribution in [0.2, 0.25) is 5.02 Å². The lowest BCUT2D eigenvalue weighted by molar-refractivity contribution is 0.0945. The summed E-state index contributed by atoms with van der Waals surface area (Å²) in [6.07, 6.45) is 3.22. The first-order valence-electron chi connectivity index (χ1n) is 5.26. The summed E-state index contributed by atoms with van der Waals surface area (Å²) in [6, 6.07) is 1.62. The minimum atomic E-state index is -0.150. The van der Waals surface area contributed by atoms with Crippen molar-refractivity contribution >= 4 is 17.5 Å². The molecule has 0 saturated carbocycles. The van der Waals surface area contributed by atoms with Crippen molar-refractivity contribution < 1.29 is 4.79 Å². The molecule has 0 aliphatic heterocycles. The molecule has 0 aliphatic carbocycles. The smallest absolute Gasteiger partial charge is 0.267 e. The summed E-state index contributed by atoms with van der Waals surface area (Å²) in [4.78, 5) is 14.3. The van der Waals surface area contributed by atoms with E-state index in [-0.39, 0.29) is 5.91 Å². The molecule has 0 bridgehead atoms. The maximum Gasteiger partial charge on any atom is 0.267 e. The third kappa shape index (κ3) is 4.38. The highest BCUT2D eigenvalue weighted by atomic mass is 35.5. The number of unbranched alkanes of at least 4 members (excludes halogenated alkanes) is 1. The van der Waals surface area contributed by atoms with Gasteiger partial charge < -0.3 is 9.88 Å². The minimum Gasteiger partial charge on any atom is -0.351 e. The van der Waals surface area contributed by atoms with E-state index in [2.05, 4.69) is 15.3 Å². The van der Waals surface area contributed by atoms with E-state index in [1.54, 1.807) is 23.9 Å². The SMILES string of the molecule is Cn1cc(Cl)cc1C(=O)NCCCCN=[N+]=[N-]. The Morgan fingerprint density at radius 1 is 1.65 bits per heavy atom. The van der Waals surface area contributed by atoms with E-state index in [1.807, 2.05) is 0 Å². The van der Waals surface area contributed by atoms with Crippen LogP contribution in [0.5, 0.6) is 0 Å². The summed E-state index contributed by atoms with van der Waals surface area (Å²) in [7, 11) is 1.77. The molecule has 0 atom stereocenters. The standard InChI is InChI=1S/C10H14ClN5O/c1-16-7-8(11)6-9(16)10(17)13-4-2-3-5-14-15-12/h6-7H,2-5H2,1H3,(H,13,17). The summed E-state index contributed by atoms with van der Waals surface area (Å²) < 4.78 is 1.68. The largest absolute Gasteiger partial charge is 0.351 e. The van der Waals surface area contributed by atoms with Gasteiger partial charge in [-0.25, -0.2) is 0 Å². The Kier molecular flexibility index (Phi) is 5.39. The van der Waals surface area contributed by atoms with Crippen LogP contribution in [-0.2, 0) is 7.05 Å². The van der Waals surface area contributed by atoms with Crippen LogP contribution in [-0.4, -0.2) is 23.6 Å². The van der Waals surface area contributed by atoms with Gasteiger partial charge in [-0.05, 0) is 24.4 Å². The van der Waals surface area contributed by atoms with Crippen LogP contribution < -0.4 is 5.32 Å². The van der Waals surface area contributed by atoms with Gasteiger partial charge >= 0.3 is 0 Å². The zero-order valence-electron chi connectivity index (χ0n) is 9.56. The van der Waals surface area contributed by atoms with Gasteiger partial charge in [0.25, 0.3) is 5.91 Å². The lowest BCUT2D eigenvalue weighted by Crippen LogP contribution is -2.26. The summed E-state index contributed by atoms with van der Waals surface area (Å²) >= 11 is 5.78. The fraction of sp³-hybridized carbons (Fsp3) is 0.500. The number of rotatable bonds is 6. The van der Waals surface area contributed by atoms with Crippen molar-refractivity contribution in [3.63, 3.8) is 0 Å². The van der Waals surface area contributed by atoms with E-state index < -0.39 is 0 Å². The Balaban J connectivity index is 2.30. The molecule has 1 heterocycles. The molecule has 1 aromatic rings. The van der Waals surface area contributed by atoms with Gasteiger partial charge in [0.1, 0.15) is 5.69 Å². The van der Waals surface area contributed by atoms with Gasteiger partial charge in [0.2, 0.25) is 0 Å². The van der Waals surface area contributed by atoms with Crippen LogP contribution in [0.3, 0.4) is 0 Å². The van der Waals surface area contributed by atoms with Gasteiger partial charge in [0.05, 0.1) is 5.02 Å². The number of nitrogens with one attached hydrogen (secondary N) is 1. The third-order valence-electron chi connectivity index (χ3n) is 2.24. The predicted molar refractivity (Wildman–Crippen MR) is 66.0 cm³/mol. The Morgan fingerprint density at radius 3 is 3.00 bits per heavy atom. The predicted octanol–water partition coefficient (Wildman–Crippen LogP) is 2.50. The second kappa shape index (κ2) is 6.83. The summed E-state index contributed by atoms with van der Waals surface area (Å²) in [6.45, 7) is 1.02. The zero-order chi connectivity index (χ0) is 12.7. The van der Waals surface area contributed by atoms with E-state index in [4.69, 9.17) is 17.1 Å². The molecule has 7 heteroatoms. The van der Waals surface area contributed by atoms with Crippen molar-refractivity contribution in [2.45, 2.75) is 12.8 Å². The number of aromatic nitrogens is 1. The van der Waals surface area contributed by atoms with Crippen molar-refractivity contribution in [2.24, 2.45) is 12.2 Å². The second-order valence-corrected chi connectivity index (χ2v) is 4.01. The van der Waals surface area contributed by atoms with Crippen LogP contribution in [0.1, 0.15) is 23.3 Å². The van der Waals surface area contributed by atoms with Crippen molar-refractivity contribution in [1.29, 1.82) is 0 Å². The normalized spacial score (nSPS) is 9.76. The summed E-state index contributed by atoms with van der Waals surface area (Å²) in [5.41, 5.74) is 8.60. The highest BCUT2D eigenvalue weighted by Crippen LogP contribution is 2.12. The Hall–Kier alpha value is -1.65. The molecule has 1 amide bonds. The van der Waals surface area contributed by atoms with Crippen LogP contribution >= 0.6 is 11.6 Å². The zero-order valence-corrected chi connectivity index (χ0v) is 10.3. The number of carbonyl (C=O) groups excluding carboxylic acids is 1. The number of halogens is 1. The van der Waals surface area contributed by atoms with Gasteiger partial charge in [0.15, 0.2) is 0 Å². The van der Waals surface area contributed by atoms with E-state index >= 15 is 0 Å². The molecule has 1 aromatic heterocycles. The molecule has 0 aromatic carbocycles. The number of aryl methyl sites for hydroxylation is 1. The summed E-state index contributed by atoms with van der Waals surface area (Å²) in [5.74, 6) is -0.150. The number of carbonyl (C=O) groups is 1. The molecule has 6 nitrogen and oxygen atoms in total. The molecule has 0 radical (unpaired) electrons. The first kappa shape index (κ1) is 13.4. The number of amides is 1. The van der Waals surface area contributed by atoms with Gasteiger partial charge in [-0.2, -0.15) is 0 Å². The van der Waals surface area contributed by atoms with Crippen LogP contribution in [0.25, 0.3) is 10.4 Å². The van der Waals surface area contributed by atoms with Gasteiger partial charge in [-0.1, -0.05) is 16.7 Å². The van der Waals surface area contributed by atoms with Crippen molar-refractivity contribution in [3.05, 3.63) is 33.4 Å². The lowest BCUT2D eigenvalue weighted by Gasteiger charge is -2.04. The first-order valence-corrected chi connectivity index (χ1v) is 5.64. The van der Waals surface area contributed by atoms with E-state index in [1.165, 1.54) is 0 Å². The van der Waals surface area contributed by atoms with Gasteiger partial charge in [-0.3, -0.25) is 4.79 Å². The monoisotopic (exact) mass is 255 g/mol. The molecule has 0 spiro atoms. The van der Waals surface area contributed by atoms with Gasteiger partial charge in [-0.15, -0.1) is 0 Å². The quantitative estimate of drug-likeness (QED) is 0.360. The van der Waals surface area contributed by atoms with Gasteiger partial charge in [0, 0.05) is 31.2 Å². The number of hydrogen-bond acceptors (Lipinski definition) is 2. The Morgan fingerprint density at radius 2 is 2.41 bits per heavy atom. The first-order chi connectivity index (χ1) is 8.15. The van der Waals surface area contributed by atoms with Crippen molar-refractivity contribution in [3.8, 4) is 0 Å². The summed E-state index contributed by atoms with van der Waals surface area (Å²) in [5, 5.41) is 6.73. The molecule has 0 aliphatic rings. The fourth-order valence-electron chi connectivity index (χ4n) is 1.39. The number of nitrogens with zero attached hydrogens (tertiary/aromatic N) is 4. The topological polar surface area (TPSA) is 82.8 Å². The number of azide groups is 1. The fourth-order valence-corrected chi connectivity index (χ4v) is 1.64. The number of hydrogen-bond donors (Lipinski definition) is 1. The average molecular weight is 256 g/mol. The molecule has 1 rings (SSSR count). The van der Waals surface area contributed by atoms with Crippen molar-refractivity contribution in [2.75, 3.05) is 13.1 Å². The highest BCUT2D eigenvalue weighted by Gasteiger charge is 2.09. The Bertz CT molecular complexity index is 436. The lowest BCUT2D eigenvalue weighted by atomic mass is 10.3. The Labute approximate surface area is 104 Å². The van der Waals surface area contributed by atoms with Crippen LogP contribution in [0.4, 0.5) is 0 Å². The molecule has 92 valence electrons. The average Bonchev–Trinajstić information content (AvgIpc) is 2.62. The maximum atomic E-state index is 11.7. The van der Waals surface area contributed by atoms with Crippen LogP contribution in [0, 0.1) is 0 Å². The minimum absolute atomic E-state index is 0.150. The van der Waals surface area contributed by atoms with Crippen molar-refractivity contribution in [1.82, 2.24) is 9.88 Å². The second-order valence-electron chi connectivity index (χ2n) is 3.57. The van der Waals surface area contributed by atoms with E-state index in [9.17, 15) is 4.79 Å².